The highest BCUT2D eigenvalue weighted by Gasteiger charge is 2.33. The van der Waals surface area contributed by atoms with Crippen molar-refractivity contribution in [3.05, 3.63) is 73.2 Å². The van der Waals surface area contributed by atoms with E-state index in [-0.39, 0.29) is 11.9 Å². The Labute approximate surface area is 181 Å². The van der Waals surface area contributed by atoms with Gasteiger partial charge in [0.15, 0.2) is 0 Å². The summed E-state index contributed by atoms with van der Waals surface area (Å²) in [4.78, 5) is 26.6. The van der Waals surface area contributed by atoms with Gasteiger partial charge in [0.25, 0.3) is 5.91 Å². The van der Waals surface area contributed by atoms with Crippen molar-refractivity contribution >= 4 is 28.3 Å². The standard InChI is InChI=1S/C25H25N5O/c1-28(2)21-12-15-29(17-21)24(31)23-8-5-14-30(23)25-26-13-11-22(27-25)20-10-9-18-6-3-4-7-19(18)16-20/h3-4,6-7,9-13,15-17,23H,5,8,14H2,1-2H3/t23-/m0/s1. The third-order valence-electron chi connectivity index (χ3n) is 5.93. The van der Waals surface area contributed by atoms with Gasteiger partial charge in [0.05, 0.1) is 11.4 Å². The summed E-state index contributed by atoms with van der Waals surface area (Å²) in [7, 11) is 3.94. The second kappa shape index (κ2) is 7.87. The third-order valence-corrected chi connectivity index (χ3v) is 5.93. The normalized spacial score (nSPS) is 16.1. The van der Waals surface area contributed by atoms with Crippen molar-refractivity contribution in [2.45, 2.75) is 18.9 Å². The van der Waals surface area contributed by atoms with Gasteiger partial charge in [-0.05, 0) is 41.8 Å². The maximum atomic E-state index is 13.2. The molecule has 1 aliphatic heterocycles. The molecule has 4 aromatic rings. The largest absolute Gasteiger partial charge is 0.376 e. The lowest BCUT2D eigenvalue weighted by molar-refractivity contribution is 0.0881. The topological polar surface area (TPSA) is 54.3 Å². The summed E-state index contributed by atoms with van der Waals surface area (Å²) in [5.41, 5.74) is 2.92. The summed E-state index contributed by atoms with van der Waals surface area (Å²) < 4.78 is 1.69. The molecule has 0 bridgehead atoms. The van der Waals surface area contributed by atoms with Crippen LogP contribution in [0.4, 0.5) is 11.6 Å². The lowest BCUT2D eigenvalue weighted by Gasteiger charge is -2.24. The van der Waals surface area contributed by atoms with Crippen LogP contribution in [0.15, 0.2) is 73.2 Å². The van der Waals surface area contributed by atoms with Crippen LogP contribution in [0.5, 0.6) is 0 Å². The molecule has 0 aliphatic carbocycles. The highest BCUT2D eigenvalue weighted by molar-refractivity contribution is 5.89. The molecule has 156 valence electrons. The van der Waals surface area contributed by atoms with E-state index < -0.39 is 0 Å². The van der Waals surface area contributed by atoms with Gasteiger partial charge < -0.3 is 9.80 Å². The van der Waals surface area contributed by atoms with Crippen LogP contribution in [0.3, 0.4) is 0 Å². The van der Waals surface area contributed by atoms with Crippen LogP contribution in [0.25, 0.3) is 22.0 Å². The van der Waals surface area contributed by atoms with Crippen LogP contribution < -0.4 is 9.80 Å². The SMILES string of the molecule is CN(C)c1ccn(C(=O)[C@@H]2CCCN2c2nccc(-c3ccc4ccccc4c3)n2)c1. The highest BCUT2D eigenvalue weighted by Crippen LogP contribution is 2.28. The van der Waals surface area contributed by atoms with Crippen molar-refractivity contribution in [1.29, 1.82) is 0 Å². The van der Waals surface area contributed by atoms with Crippen molar-refractivity contribution < 1.29 is 4.79 Å². The Bertz CT molecular complexity index is 1250. The molecule has 0 saturated carbocycles. The molecule has 6 nitrogen and oxygen atoms in total. The lowest BCUT2D eigenvalue weighted by Crippen LogP contribution is -2.39. The average molecular weight is 412 g/mol. The molecule has 0 amide bonds. The molecule has 0 N–H and O–H groups in total. The van der Waals surface area contributed by atoms with Crippen molar-refractivity contribution in [3.8, 4) is 11.3 Å². The molecule has 5 rings (SSSR count). The van der Waals surface area contributed by atoms with E-state index in [1.807, 2.05) is 60.6 Å². The van der Waals surface area contributed by atoms with Gasteiger partial charge >= 0.3 is 0 Å². The highest BCUT2D eigenvalue weighted by atomic mass is 16.2. The zero-order valence-electron chi connectivity index (χ0n) is 17.8. The quantitative estimate of drug-likeness (QED) is 0.496. The zero-order chi connectivity index (χ0) is 21.4. The molecule has 2 aromatic heterocycles. The second-order valence-corrected chi connectivity index (χ2v) is 8.16. The molecule has 1 saturated heterocycles. The summed E-state index contributed by atoms with van der Waals surface area (Å²) in [6, 6.07) is 18.3. The van der Waals surface area contributed by atoms with E-state index in [9.17, 15) is 4.79 Å². The Hall–Kier alpha value is -3.67. The molecule has 1 atom stereocenters. The molecule has 0 unspecified atom stereocenters. The summed E-state index contributed by atoms with van der Waals surface area (Å²) in [5.74, 6) is 0.673. The van der Waals surface area contributed by atoms with Gasteiger partial charge in [0, 0.05) is 44.8 Å². The molecule has 0 spiro atoms. The Morgan fingerprint density at radius 2 is 1.90 bits per heavy atom. The van der Waals surface area contributed by atoms with E-state index in [4.69, 9.17) is 4.98 Å². The van der Waals surface area contributed by atoms with E-state index in [0.717, 1.165) is 36.3 Å². The first kappa shape index (κ1) is 19.3. The number of aromatic nitrogens is 3. The van der Waals surface area contributed by atoms with Gasteiger partial charge in [-0.1, -0.05) is 36.4 Å². The number of anilines is 2. The fourth-order valence-corrected chi connectivity index (χ4v) is 4.22. The Morgan fingerprint density at radius 3 is 2.71 bits per heavy atom. The van der Waals surface area contributed by atoms with Crippen LogP contribution in [0.2, 0.25) is 0 Å². The molecule has 1 fully saturated rings. The van der Waals surface area contributed by atoms with Crippen molar-refractivity contribution in [1.82, 2.24) is 14.5 Å². The molecule has 31 heavy (non-hydrogen) atoms. The Kier molecular flexibility index (Phi) is 4.90. The number of hydrogen-bond acceptors (Lipinski definition) is 5. The number of hydrogen-bond donors (Lipinski definition) is 0. The number of carbonyl (C=O) groups is 1. The predicted molar refractivity (Wildman–Crippen MR) is 125 cm³/mol. The lowest BCUT2D eigenvalue weighted by atomic mass is 10.1. The van der Waals surface area contributed by atoms with Crippen molar-refractivity contribution in [2.75, 3.05) is 30.4 Å². The van der Waals surface area contributed by atoms with E-state index >= 15 is 0 Å². The third kappa shape index (κ3) is 3.65. The molecule has 3 heterocycles. The van der Waals surface area contributed by atoms with Gasteiger partial charge in [-0.25, -0.2) is 9.97 Å². The number of fused-ring (bicyclic) bond motifs is 1. The number of rotatable bonds is 4. The fraction of sp³-hybridized carbons (Fsp3) is 0.240. The Morgan fingerprint density at radius 1 is 1.06 bits per heavy atom. The minimum Gasteiger partial charge on any atom is -0.376 e. The number of carbonyl (C=O) groups excluding carboxylic acids is 1. The van der Waals surface area contributed by atoms with Gasteiger partial charge in [-0.2, -0.15) is 0 Å². The Balaban J connectivity index is 1.44. The summed E-state index contributed by atoms with van der Waals surface area (Å²) in [5, 5.41) is 2.38. The molecule has 1 aliphatic rings. The van der Waals surface area contributed by atoms with E-state index in [2.05, 4.69) is 35.3 Å². The van der Waals surface area contributed by atoms with Crippen LogP contribution >= 0.6 is 0 Å². The maximum Gasteiger partial charge on any atom is 0.253 e. The number of nitrogens with zero attached hydrogens (tertiary/aromatic N) is 5. The molecular formula is C25H25N5O. The van der Waals surface area contributed by atoms with Crippen molar-refractivity contribution in [2.24, 2.45) is 0 Å². The first-order valence-corrected chi connectivity index (χ1v) is 10.6. The summed E-state index contributed by atoms with van der Waals surface area (Å²) in [6.45, 7) is 0.777. The van der Waals surface area contributed by atoms with E-state index in [1.165, 1.54) is 10.8 Å². The minimum atomic E-state index is -0.255. The van der Waals surface area contributed by atoms with Gasteiger partial charge in [-0.15, -0.1) is 0 Å². The van der Waals surface area contributed by atoms with Gasteiger partial charge in [0.1, 0.15) is 6.04 Å². The first-order chi connectivity index (χ1) is 15.1. The fourth-order valence-electron chi connectivity index (χ4n) is 4.22. The minimum absolute atomic E-state index is 0.0605. The van der Waals surface area contributed by atoms with Crippen LogP contribution in [-0.2, 0) is 0 Å². The smallest absolute Gasteiger partial charge is 0.253 e. The molecule has 2 aromatic carbocycles. The monoisotopic (exact) mass is 411 g/mol. The maximum absolute atomic E-state index is 13.2. The van der Waals surface area contributed by atoms with Crippen molar-refractivity contribution in [3.63, 3.8) is 0 Å². The van der Waals surface area contributed by atoms with E-state index in [0.29, 0.717) is 5.95 Å². The predicted octanol–water partition coefficient (Wildman–Crippen LogP) is 4.47. The average Bonchev–Trinajstić information content (AvgIpc) is 3.49. The number of benzene rings is 2. The first-order valence-electron chi connectivity index (χ1n) is 10.6. The molecule has 6 heteroatoms. The molecular weight excluding hydrogens is 386 g/mol. The summed E-state index contributed by atoms with van der Waals surface area (Å²) in [6.07, 6.45) is 7.25. The van der Waals surface area contributed by atoms with Crippen LogP contribution in [0, 0.1) is 0 Å². The van der Waals surface area contributed by atoms with E-state index in [1.54, 1.807) is 10.8 Å². The van der Waals surface area contributed by atoms with Gasteiger partial charge in [0.2, 0.25) is 5.95 Å². The second-order valence-electron chi connectivity index (χ2n) is 8.16. The summed E-state index contributed by atoms with van der Waals surface area (Å²) >= 11 is 0. The molecule has 0 radical (unpaired) electrons. The van der Waals surface area contributed by atoms with Gasteiger partial charge in [-0.3, -0.25) is 9.36 Å². The van der Waals surface area contributed by atoms with Crippen LogP contribution in [-0.4, -0.2) is 47.1 Å². The van der Waals surface area contributed by atoms with Crippen LogP contribution in [0.1, 0.15) is 17.6 Å². The zero-order valence-corrected chi connectivity index (χ0v) is 17.8.